The molecular weight excluding hydrogens is 188 g/mol. The molecule has 1 aromatic rings. The summed E-state index contributed by atoms with van der Waals surface area (Å²) in [5, 5.41) is 9.92. The van der Waals surface area contributed by atoms with Crippen molar-refractivity contribution >= 4 is 5.78 Å². The molecule has 0 fully saturated rings. The van der Waals surface area contributed by atoms with Crippen LogP contribution in [0.15, 0.2) is 18.2 Å². The second-order valence-corrected chi connectivity index (χ2v) is 4.12. The molecule has 1 N–H and O–H groups in total. The number of rotatable bonds is 4. The molecule has 0 heterocycles. The van der Waals surface area contributed by atoms with Crippen LogP contribution in [0, 0.1) is 13.8 Å². The number of carbonyl (C=O) groups is 1. The van der Waals surface area contributed by atoms with E-state index >= 15 is 0 Å². The van der Waals surface area contributed by atoms with Crippen LogP contribution in [0.5, 0.6) is 0 Å². The van der Waals surface area contributed by atoms with Crippen molar-refractivity contribution in [3.63, 3.8) is 0 Å². The summed E-state index contributed by atoms with van der Waals surface area (Å²) in [6.45, 7) is 5.53. The highest BCUT2D eigenvalue weighted by Gasteiger charge is 2.11. The van der Waals surface area contributed by atoms with Crippen LogP contribution in [0.25, 0.3) is 0 Å². The molecule has 0 aromatic heterocycles. The average Bonchev–Trinajstić information content (AvgIpc) is 2.18. The predicted octanol–water partition coefficient (Wildman–Crippen LogP) is 2.71. The number of aliphatic hydroxyl groups excluding tert-OH is 1. The van der Waals surface area contributed by atoms with Crippen LogP contribution in [0.1, 0.15) is 42.6 Å². The normalized spacial score (nSPS) is 12.5. The summed E-state index contributed by atoms with van der Waals surface area (Å²) < 4.78 is 0. The maximum absolute atomic E-state index is 10.8. The van der Waals surface area contributed by atoms with Crippen molar-refractivity contribution < 1.29 is 9.90 Å². The van der Waals surface area contributed by atoms with Crippen LogP contribution >= 0.6 is 0 Å². The van der Waals surface area contributed by atoms with E-state index in [0.717, 1.165) is 16.7 Å². The molecule has 0 saturated carbocycles. The molecule has 2 nitrogen and oxygen atoms in total. The van der Waals surface area contributed by atoms with Crippen LogP contribution in [0.4, 0.5) is 0 Å². The third kappa shape index (κ3) is 3.48. The second kappa shape index (κ2) is 5.08. The van der Waals surface area contributed by atoms with E-state index in [0.29, 0.717) is 12.8 Å². The lowest BCUT2D eigenvalue weighted by Gasteiger charge is -2.13. The zero-order valence-corrected chi connectivity index (χ0v) is 9.58. The number of aliphatic hydroxyl groups is 1. The molecule has 1 aromatic carbocycles. The standard InChI is InChI=1S/C13H18O2/c1-9-4-5-10(2)12(8-9)13(15)7-6-11(3)14/h4-5,8,13,15H,6-7H2,1-3H3. The van der Waals surface area contributed by atoms with E-state index in [1.807, 2.05) is 32.0 Å². The minimum Gasteiger partial charge on any atom is -0.388 e. The Kier molecular flexibility index (Phi) is 4.04. The summed E-state index contributed by atoms with van der Waals surface area (Å²) in [6.07, 6.45) is 0.433. The van der Waals surface area contributed by atoms with Gasteiger partial charge in [-0.05, 0) is 38.3 Å². The van der Waals surface area contributed by atoms with E-state index in [4.69, 9.17) is 0 Å². The lowest BCUT2D eigenvalue weighted by Crippen LogP contribution is -2.03. The predicted molar refractivity (Wildman–Crippen MR) is 60.8 cm³/mol. The molecule has 15 heavy (non-hydrogen) atoms. The largest absolute Gasteiger partial charge is 0.388 e. The molecule has 0 saturated heterocycles. The quantitative estimate of drug-likeness (QED) is 0.822. The fourth-order valence-electron chi connectivity index (χ4n) is 1.61. The van der Waals surface area contributed by atoms with Gasteiger partial charge < -0.3 is 9.90 Å². The zero-order chi connectivity index (χ0) is 11.4. The average molecular weight is 206 g/mol. The Labute approximate surface area is 90.9 Å². The van der Waals surface area contributed by atoms with Gasteiger partial charge in [0, 0.05) is 6.42 Å². The van der Waals surface area contributed by atoms with Crippen molar-refractivity contribution in [1.29, 1.82) is 0 Å². The van der Waals surface area contributed by atoms with Crippen LogP contribution in [0.2, 0.25) is 0 Å². The van der Waals surface area contributed by atoms with Crippen LogP contribution < -0.4 is 0 Å². The molecule has 82 valence electrons. The summed E-state index contributed by atoms with van der Waals surface area (Å²) in [4.78, 5) is 10.8. The van der Waals surface area contributed by atoms with E-state index in [1.54, 1.807) is 6.92 Å². The van der Waals surface area contributed by atoms with Gasteiger partial charge in [0.1, 0.15) is 5.78 Å². The van der Waals surface area contributed by atoms with Gasteiger partial charge in [0.15, 0.2) is 0 Å². The lowest BCUT2D eigenvalue weighted by atomic mass is 9.97. The molecule has 0 spiro atoms. The minimum atomic E-state index is -0.520. The maximum Gasteiger partial charge on any atom is 0.129 e. The third-order valence-corrected chi connectivity index (χ3v) is 2.56. The molecule has 0 bridgehead atoms. The SMILES string of the molecule is CC(=O)CCC(O)c1cc(C)ccc1C. The molecule has 1 atom stereocenters. The first-order chi connectivity index (χ1) is 7.00. The number of hydrogen-bond donors (Lipinski definition) is 1. The van der Waals surface area contributed by atoms with E-state index in [2.05, 4.69) is 0 Å². The highest BCUT2D eigenvalue weighted by molar-refractivity contribution is 5.75. The minimum absolute atomic E-state index is 0.124. The number of carbonyl (C=O) groups excluding carboxylic acids is 1. The lowest BCUT2D eigenvalue weighted by molar-refractivity contribution is -0.117. The fourth-order valence-corrected chi connectivity index (χ4v) is 1.61. The zero-order valence-electron chi connectivity index (χ0n) is 9.58. The van der Waals surface area contributed by atoms with Crippen molar-refractivity contribution in [1.82, 2.24) is 0 Å². The molecule has 2 heteroatoms. The molecule has 0 aliphatic heterocycles. The topological polar surface area (TPSA) is 37.3 Å². The van der Waals surface area contributed by atoms with E-state index in [1.165, 1.54) is 0 Å². The summed E-state index contributed by atoms with van der Waals surface area (Å²) in [7, 11) is 0. The van der Waals surface area contributed by atoms with Crippen LogP contribution in [0.3, 0.4) is 0 Å². The van der Waals surface area contributed by atoms with Crippen molar-refractivity contribution in [3.8, 4) is 0 Å². The summed E-state index contributed by atoms with van der Waals surface area (Å²) in [5.41, 5.74) is 3.16. The Morgan fingerprint density at radius 3 is 2.67 bits per heavy atom. The Morgan fingerprint density at radius 1 is 1.40 bits per heavy atom. The van der Waals surface area contributed by atoms with Gasteiger partial charge in [0.2, 0.25) is 0 Å². The number of ketones is 1. The van der Waals surface area contributed by atoms with Crippen LogP contribution in [-0.4, -0.2) is 10.9 Å². The first kappa shape index (κ1) is 11.9. The Bertz CT molecular complexity index is 356. The number of hydrogen-bond acceptors (Lipinski definition) is 2. The molecule has 1 unspecified atom stereocenters. The fraction of sp³-hybridized carbons (Fsp3) is 0.462. The summed E-state index contributed by atoms with van der Waals surface area (Å²) >= 11 is 0. The molecule has 0 aliphatic rings. The number of aryl methyl sites for hydroxylation is 2. The van der Waals surface area contributed by atoms with Gasteiger partial charge in [-0.25, -0.2) is 0 Å². The van der Waals surface area contributed by atoms with Gasteiger partial charge in [-0.2, -0.15) is 0 Å². The van der Waals surface area contributed by atoms with Crippen molar-refractivity contribution in [2.75, 3.05) is 0 Å². The molecule has 0 aliphatic carbocycles. The van der Waals surface area contributed by atoms with E-state index in [9.17, 15) is 9.90 Å². The summed E-state index contributed by atoms with van der Waals surface area (Å²) in [6, 6.07) is 6.01. The molecule has 0 amide bonds. The van der Waals surface area contributed by atoms with Crippen LogP contribution in [-0.2, 0) is 4.79 Å². The first-order valence-corrected chi connectivity index (χ1v) is 5.25. The van der Waals surface area contributed by atoms with Gasteiger partial charge in [-0.15, -0.1) is 0 Å². The smallest absolute Gasteiger partial charge is 0.129 e. The van der Waals surface area contributed by atoms with Gasteiger partial charge >= 0.3 is 0 Å². The van der Waals surface area contributed by atoms with E-state index in [-0.39, 0.29) is 5.78 Å². The Balaban J connectivity index is 2.76. The molecule has 0 radical (unpaired) electrons. The van der Waals surface area contributed by atoms with Gasteiger partial charge in [-0.3, -0.25) is 0 Å². The van der Waals surface area contributed by atoms with Crippen molar-refractivity contribution in [2.24, 2.45) is 0 Å². The van der Waals surface area contributed by atoms with Gasteiger partial charge in [0.05, 0.1) is 6.10 Å². The number of Topliss-reactive ketones (excluding diaryl/α,β-unsaturated/α-hetero) is 1. The highest BCUT2D eigenvalue weighted by atomic mass is 16.3. The van der Waals surface area contributed by atoms with Crippen molar-refractivity contribution in [2.45, 2.75) is 39.7 Å². The highest BCUT2D eigenvalue weighted by Crippen LogP contribution is 2.22. The van der Waals surface area contributed by atoms with Gasteiger partial charge in [-0.1, -0.05) is 23.8 Å². The Morgan fingerprint density at radius 2 is 2.07 bits per heavy atom. The van der Waals surface area contributed by atoms with Gasteiger partial charge in [0.25, 0.3) is 0 Å². The maximum atomic E-state index is 10.8. The third-order valence-electron chi connectivity index (χ3n) is 2.56. The summed E-state index contributed by atoms with van der Waals surface area (Å²) in [5.74, 6) is 0.124. The number of benzene rings is 1. The first-order valence-electron chi connectivity index (χ1n) is 5.25. The van der Waals surface area contributed by atoms with Crippen molar-refractivity contribution in [3.05, 3.63) is 34.9 Å². The second-order valence-electron chi connectivity index (χ2n) is 4.12. The van der Waals surface area contributed by atoms with E-state index < -0.39 is 6.10 Å². The molecular formula is C13H18O2. The Hall–Kier alpha value is -1.15. The monoisotopic (exact) mass is 206 g/mol. The molecule has 1 rings (SSSR count).